The summed E-state index contributed by atoms with van der Waals surface area (Å²) in [5.41, 5.74) is 2.20. The first kappa shape index (κ1) is 14.9. The number of nitrogens with zero attached hydrogens (tertiary/aromatic N) is 2. The smallest absolute Gasteiger partial charge is 0.225 e. The molecule has 24 heavy (non-hydrogen) atoms. The van der Waals surface area contributed by atoms with Gasteiger partial charge in [-0.15, -0.1) is 0 Å². The van der Waals surface area contributed by atoms with Crippen LogP contribution >= 0.6 is 0 Å². The second-order valence-corrected chi connectivity index (χ2v) is 6.38. The summed E-state index contributed by atoms with van der Waals surface area (Å²) in [4.78, 5) is 9.41. The number of rotatable bonds is 5. The fraction of sp³-hybridized carbons (Fsp3) is 0.300. The van der Waals surface area contributed by atoms with Gasteiger partial charge in [0.1, 0.15) is 5.82 Å². The molecule has 1 aliphatic carbocycles. The van der Waals surface area contributed by atoms with E-state index in [0.29, 0.717) is 12.0 Å². The largest absolute Gasteiger partial charge is 0.367 e. The highest BCUT2D eigenvalue weighted by molar-refractivity contribution is 5.90. The molecule has 0 aliphatic heterocycles. The van der Waals surface area contributed by atoms with Gasteiger partial charge in [0.2, 0.25) is 5.95 Å². The van der Waals surface area contributed by atoms with E-state index in [1.165, 1.54) is 31.2 Å². The van der Waals surface area contributed by atoms with Gasteiger partial charge in [-0.1, -0.05) is 55.3 Å². The van der Waals surface area contributed by atoms with Gasteiger partial charge >= 0.3 is 0 Å². The van der Waals surface area contributed by atoms with Crippen molar-refractivity contribution in [3.8, 4) is 0 Å². The Balaban J connectivity index is 1.60. The Morgan fingerprint density at radius 1 is 0.875 bits per heavy atom. The molecule has 4 nitrogen and oxygen atoms in total. The summed E-state index contributed by atoms with van der Waals surface area (Å²) < 4.78 is 0. The zero-order valence-electron chi connectivity index (χ0n) is 13.7. The molecule has 4 rings (SSSR count). The molecule has 3 aromatic rings. The minimum absolute atomic E-state index is 0.533. The van der Waals surface area contributed by atoms with Crippen LogP contribution in [-0.2, 0) is 6.54 Å². The molecule has 2 aromatic carbocycles. The second-order valence-electron chi connectivity index (χ2n) is 6.38. The fourth-order valence-electron chi connectivity index (χ4n) is 3.31. The molecule has 0 radical (unpaired) electrons. The number of fused-ring (bicyclic) bond motifs is 1. The maximum Gasteiger partial charge on any atom is 0.225 e. The Morgan fingerprint density at radius 3 is 2.46 bits per heavy atom. The maximum atomic E-state index is 4.75. The zero-order valence-corrected chi connectivity index (χ0v) is 13.7. The summed E-state index contributed by atoms with van der Waals surface area (Å²) in [7, 11) is 0. The van der Waals surface area contributed by atoms with E-state index in [1.807, 2.05) is 36.4 Å². The molecule has 1 heterocycles. The van der Waals surface area contributed by atoms with Crippen molar-refractivity contribution >= 4 is 22.7 Å². The van der Waals surface area contributed by atoms with E-state index >= 15 is 0 Å². The van der Waals surface area contributed by atoms with Crippen LogP contribution in [-0.4, -0.2) is 16.0 Å². The summed E-state index contributed by atoms with van der Waals surface area (Å²) in [5.74, 6) is 1.63. The van der Waals surface area contributed by atoms with Crippen molar-refractivity contribution in [2.75, 3.05) is 10.6 Å². The summed E-state index contributed by atoms with van der Waals surface area (Å²) in [6.45, 7) is 0.724. The van der Waals surface area contributed by atoms with Crippen LogP contribution in [0.15, 0.2) is 54.6 Å². The minimum atomic E-state index is 0.533. The van der Waals surface area contributed by atoms with Gasteiger partial charge in [-0.2, -0.15) is 4.98 Å². The van der Waals surface area contributed by atoms with Crippen LogP contribution in [0.25, 0.3) is 10.9 Å². The quantitative estimate of drug-likeness (QED) is 0.722. The Labute approximate surface area is 142 Å². The van der Waals surface area contributed by atoms with Crippen LogP contribution in [0, 0.1) is 0 Å². The summed E-state index contributed by atoms with van der Waals surface area (Å²) in [5, 5.41) is 8.08. The van der Waals surface area contributed by atoms with Gasteiger partial charge in [0.05, 0.1) is 5.52 Å². The molecule has 122 valence electrons. The van der Waals surface area contributed by atoms with Crippen molar-refractivity contribution in [1.82, 2.24) is 9.97 Å². The van der Waals surface area contributed by atoms with E-state index in [2.05, 4.69) is 33.8 Å². The molecule has 0 bridgehead atoms. The molecule has 1 fully saturated rings. The topological polar surface area (TPSA) is 49.8 Å². The van der Waals surface area contributed by atoms with Gasteiger partial charge in [-0.05, 0) is 30.5 Å². The number of para-hydroxylation sites is 1. The first-order chi connectivity index (χ1) is 11.9. The summed E-state index contributed by atoms with van der Waals surface area (Å²) >= 11 is 0. The molecule has 1 aliphatic rings. The van der Waals surface area contributed by atoms with Crippen LogP contribution in [0.2, 0.25) is 0 Å². The molecule has 0 amide bonds. The highest BCUT2D eigenvalue weighted by atomic mass is 15.1. The van der Waals surface area contributed by atoms with Crippen LogP contribution in [0.1, 0.15) is 31.2 Å². The van der Waals surface area contributed by atoms with Crippen LogP contribution in [0.4, 0.5) is 11.8 Å². The number of nitrogens with one attached hydrogen (secondary N) is 2. The van der Waals surface area contributed by atoms with Gasteiger partial charge in [0.15, 0.2) is 0 Å². The number of benzene rings is 2. The number of hydrogen-bond acceptors (Lipinski definition) is 4. The zero-order chi connectivity index (χ0) is 16.2. The molecule has 0 saturated heterocycles. The van der Waals surface area contributed by atoms with Gasteiger partial charge in [0.25, 0.3) is 0 Å². The van der Waals surface area contributed by atoms with Crippen LogP contribution in [0.3, 0.4) is 0 Å². The van der Waals surface area contributed by atoms with Crippen molar-refractivity contribution in [1.29, 1.82) is 0 Å². The Bertz CT molecular complexity index is 810. The van der Waals surface area contributed by atoms with Crippen molar-refractivity contribution in [2.45, 2.75) is 38.3 Å². The van der Waals surface area contributed by atoms with E-state index in [9.17, 15) is 0 Å². The van der Waals surface area contributed by atoms with Gasteiger partial charge in [0, 0.05) is 18.0 Å². The minimum Gasteiger partial charge on any atom is -0.367 e. The van der Waals surface area contributed by atoms with Gasteiger partial charge in [-0.3, -0.25) is 0 Å². The van der Waals surface area contributed by atoms with Crippen LogP contribution < -0.4 is 10.6 Å². The van der Waals surface area contributed by atoms with E-state index in [4.69, 9.17) is 4.98 Å². The normalized spacial score (nSPS) is 14.8. The first-order valence-corrected chi connectivity index (χ1v) is 8.69. The summed E-state index contributed by atoms with van der Waals surface area (Å²) in [6.07, 6.45) is 5.07. The molecule has 1 aromatic heterocycles. The lowest BCUT2D eigenvalue weighted by molar-refractivity contribution is 0.751. The third kappa shape index (κ3) is 3.32. The number of hydrogen-bond donors (Lipinski definition) is 2. The molecular formula is C20H22N4. The van der Waals surface area contributed by atoms with E-state index in [-0.39, 0.29) is 0 Å². The highest BCUT2D eigenvalue weighted by Crippen LogP contribution is 2.27. The number of anilines is 2. The average molecular weight is 318 g/mol. The SMILES string of the molecule is c1ccc(CNc2nc(NC3CCCC3)c3ccccc3n2)cc1. The summed E-state index contributed by atoms with van der Waals surface area (Å²) in [6, 6.07) is 19.1. The first-order valence-electron chi connectivity index (χ1n) is 8.69. The molecule has 0 spiro atoms. The van der Waals surface area contributed by atoms with Crippen LogP contribution in [0.5, 0.6) is 0 Å². The molecule has 0 atom stereocenters. The Hall–Kier alpha value is -2.62. The van der Waals surface area contributed by atoms with Crippen molar-refractivity contribution in [3.05, 3.63) is 60.2 Å². The Kier molecular flexibility index (Phi) is 4.28. The predicted octanol–water partition coefficient (Wildman–Crippen LogP) is 4.60. The lowest BCUT2D eigenvalue weighted by Crippen LogP contribution is -2.17. The van der Waals surface area contributed by atoms with Crippen molar-refractivity contribution in [3.63, 3.8) is 0 Å². The van der Waals surface area contributed by atoms with Gasteiger partial charge < -0.3 is 10.6 Å². The fourth-order valence-corrected chi connectivity index (χ4v) is 3.31. The molecule has 0 unspecified atom stereocenters. The average Bonchev–Trinajstić information content (AvgIpc) is 3.14. The predicted molar refractivity (Wildman–Crippen MR) is 99.2 cm³/mol. The molecular weight excluding hydrogens is 296 g/mol. The highest BCUT2D eigenvalue weighted by Gasteiger charge is 2.17. The van der Waals surface area contributed by atoms with Crippen molar-refractivity contribution < 1.29 is 0 Å². The monoisotopic (exact) mass is 318 g/mol. The maximum absolute atomic E-state index is 4.75. The third-order valence-corrected chi connectivity index (χ3v) is 4.59. The van der Waals surface area contributed by atoms with E-state index in [0.717, 1.165) is 23.3 Å². The van der Waals surface area contributed by atoms with E-state index < -0.39 is 0 Å². The standard InChI is InChI=1S/C20H22N4/c1-2-8-15(9-3-1)14-21-20-23-18-13-7-6-12-17(18)19(24-20)22-16-10-4-5-11-16/h1-3,6-9,12-13,16H,4-5,10-11,14H2,(H2,21,22,23,24). The number of aromatic nitrogens is 2. The molecule has 2 N–H and O–H groups in total. The lowest BCUT2D eigenvalue weighted by atomic mass is 10.2. The van der Waals surface area contributed by atoms with E-state index in [1.54, 1.807) is 0 Å². The van der Waals surface area contributed by atoms with Gasteiger partial charge in [-0.25, -0.2) is 4.98 Å². The Morgan fingerprint density at radius 2 is 1.62 bits per heavy atom. The van der Waals surface area contributed by atoms with Crippen molar-refractivity contribution in [2.24, 2.45) is 0 Å². The molecule has 4 heteroatoms. The lowest BCUT2D eigenvalue weighted by Gasteiger charge is -2.16. The second kappa shape index (κ2) is 6.87. The third-order valence-electron chi connectivity index (χ3n) is 4.59. The molecule has 1 saturated carbocycles.